The molecule has 0 amide bonds. The second kappa shape index (κ2) is 8.85. The maximum Gasteiger partial charge on any atom is 0.257 e. The lowest BCUT2D eigenvalue weighted by Crippen LogP contribution is -2.14. The lowest BCUT2D eigenvalue weighted by molar-refractivity contribution is 0.121. The SMILES string of the molecule is CC(C)Cn1cc(CNCc2ccn(CC(F)F)n2)cn1.Cl. The highest BCUT2D eigenvalue weighted by molar-refractivity contribution is 5.85. The molecule has 0 aromatic carbocycles. The third kappa shape index (κ3) is 6.11. The second-order valence-electron chi connectivity index (χ2n) is 5.49. The molecule has 0 unspecified atom stereocenters. The van der Waals surface area contributed by atoms with Crippen LogP contribution in [0.4, 0.5) is 8.78 Å². The Balaban J connectivity index is 0.00000242. The molecule has 0 aliphatic carbocycles. The van der Waals surface area contributed by atoms with Gasteiger partial charge in [-0.25, -0.2) is 8.78 Å². The topological polar surface area (TPSA) is 47.7 Å². The summed E-state index contributed by atoms with van der Waals surface area (Å²) >= 11 is 0. The zero-order chi connectivity index (χ0) is 15.2. The van der Waals surface area contributed by atoms with Crippen LogP contribution in [-0.4, -0.2) is 26.0 Å². The maximum absolute atomic E-state index is 12.2. The summed E-state index contributed by atoms with van der Waals surface area (Å²) in [5.74, 6) is 0.560. The molecule has 0 radical (unpaired) electrons. The molecule has 2 aromatic heterocycles. The summed E-state index contributed by atoms with van der Waals surface area (Å²) in [6.45, 7) is 6.07. The first-order valence-electron chi connectivity index (χ1n) is 7.05. The summed E-state index contributed by atoms with van der Waals surface area (Å²) < 4.78 is 27.6. The molecule has 124 valence electrons. The number of rotatable bonds is 8. The standard InChI is InChI=1S/C14H21F2N5.ClH/c1-11(2)8-21-9-12(6-18-21)5-17-7-13-3-4-20(19-13)10-14(15)16;/h3-4,6,9,11,14,17H,5,7-8,10H2,1-2H3;1H. The average Bonchev–Trinajstić information content (AvgIpc) is 2.98. The second-order valence-corrected chi connectivity index (χ2v) is 5.49. The van der Waals surface area contributed by atoms with E-state index >= 15 is 0 Å². The van der Waals surface area contributed by atoms with E-state index in [1.54, 1.807) is 12.3 Å². The fourth-order valence-electron chi connectivity index (χ4n) is 2.05. The molecule has 0 saturated carbocycles. The number of halogens is 3. The Morgan fingerprint density at radius 3 is 2.64 bits per heavy atom. The molecular formula is C14H22ClF2N5. The van der Waals surface area contributed by atoms with Crippen molar-refractivity contribution in [1.82, 2.24) is 24.9 Å². The van der Waals surface area contributed by atoms with E-state index in [0.29, 0.717) is 19.0 Å². The van der Waals surface area contributed by atoms with Crippen LogP contribution in [0.3, 0.4) is 0 Å². The van der Waals surface area contributed by atoms with Crippen LogP contribution < -0.4 is 5.32 Å². The van der Waals surface area contributed by atoms with Gasteiger partial charge in [-0.3, -0.25) is 9.36 Å². The predicted octanol–water partition coefficient (Wildman–Crippen LogP) is 2.71. The highest BCUT2D eigenvalue weighted by Crippen LogP contribution is 2.03. The van der Waals surface area contributed by atoms with Crippen molar-refractivity contribution in [3.63, 3.8) is 0 Å². The Morgan fingerprint density at radius 1 is 1.18 bits per heavy atom. The van der Waals surface area contributed by atoms with Crippen molar-refractivity contribution in [2.45, 2.75) is 46.5 Å². The van der Waals surface area contributed by atoms with Gasteiger partial charge >= 0.3 is 0 Å². The van der Waals surface area contributed by atoms with Crippen LogP contribution in [0.25, 0.3) is 0 Å². The van der Waals surface area contributed by atoms with Gasteiger partial charge in [0.2, 0.25) is 0 Å². The van der Waals surface area contributed by atoms with Gasteiger partial charge in [0.1, 0.15) is 6.54 Å². The van der Waals surface area contributed by atoms with Gasteiger partial charge in [0.15, 0.2) is 0 Å². The minimum Gasteiger partial charge on any atom is -0.307 e. The molecule has 0 spiro atoms. The normalized spacial score (nSPS) is 11.2. The van der Waals surface area contributed by atoms with E-state index in [1.807, 2.05) is 17.1 Å². The molecule has 0 bridgehead atoms. The first-order valence-corrected chi connectivity index (χ1v) is 7.05. The summed E-state index contributed by atoms with van der Waals surface area (Å²) in [5, 5.41) is 11.6. The molecule has 0 aliphatic heterocycles. The number of alkyl halides is 2. The molecule has 2 rings (SSSR count). The van der Waals surface area contributed by atoms with Gasteiger partial charge in [-0.1, -0.05) is 13.8 Å². The molecule has 0 saturated heterocycles. The van der Waals surface area contributed by atoms with Crippen molar-refractivity contribution in [3.8, 4) is 0 Å². The molecule has 22 heavy (non-hydrogen) atoms. The molecule has 0 aliphatic rings. The van der Waals surface area contributed by atoms with E-state index in [9.17, 15) is 8.78 Å². The van der Waals surface area contributed by atoms with Crippen molar-refractivity contribution in [2.24, 2.45) is 5.92 Å². The Labute approximate surface area is 135 Å². The molecule has 5 nitrogen and oxygen atoms in total. The highest BCUT2D eigenvalue weighted by atomic mass is 35.5. The lowest BCUT2D eigenvalue weighted by Gasteiger charge is -2.03. The maximum atomic E-state index is 12.2. The zero-order valence-corrected chi connectivity index (χ0v) is 13.6. The van der Waals surface area contributed by atoms with E-state index in [-0.39, 0.29) is 19.0 Å². The first kappa shape index (κ1) is 18.6. The number of aromatic nitrogens is 4. The lowest BCUT2D eigenvalue weighted by atomic mass is 10.2. The minimum atomic E-state index is -2.38. The average molecular weight is 334 g/mol. The molecule has 0 atom stereocenters. The van der Waals surface area contributed by atoms with Gasteiger partial charge in [0.25, 0.3) is 6.43 Å². The minimum absolute atomic E-state index is 0. The van der Waals surface area contributed by atoms with Crippen LogP contribution in [0.1, 0.15) is 25.1 Å². The van der Waals surface area contributed by atoms with Crippen molar-refractivity contribution in [1.29, 1.82) is 0 Å². The molecule has 2 heterocycles. The molecule has 0 fully saturated rings. The third-order valence-corrected chi connectivity index (χ3v) is 2.90. The zero-order valence-electron chi connectivity index (χ0n) is 12.7. The van der Waals surface area contributed by atoms with Crippen molar-refractivity contribution >= 4 is 12.4 Å². The van der Waals surface area contributed by atoms with Crippen LogP contribution in [0, 0.1) is 5.92 Å². The van der Waals surface area contributed by atoms with Gasteiger partial charge in [-0.2, -0.15) is 10.2 Å². The van der Waals surface area contributed by atoms with Gasteiger partial charge < -0.3 is 5.32 Å². The van der Waals surface area contributed by atoms with Crippen LogP contribution in [-0.2, 0) is 26.2 Å². The largest absolute Gasteiger partial charge is 0.307 e. The number of nitrogens with one attached hydrogen (secondary N) is 1. The predicted molar refractivity (Wildman–Crippen MR) is 83.1 cm³/mol. The van der Waals surface area contributed by atoms with Crippen LogP contribution in [0.15, 0.2) is 24.7 Å². The fraction of sp³-hybridized carbons (Fsp3) is 0.571. The molecule has 2 aromatic rings. The van der Waals surface area contributed by atoms with E-state index in [1.165, 1.54) is 4.68 Å². The molecular weight excluding hydrogens is 312 g/mol. The van der Waals surface area contributed by atoms with Gasteiger partial charge in [-0.15, -0.1) is 12.4 Å². The number of hydrogen-bond donors (Lipinski definition) is 1. The Hall–Kier alpha value is -1.47. The Morgan fingerprint density at radius 2 is 1.95 bits per heavy atom. The van der Waals surface area contributed by atoms with E-state index < -0.39 is 6.43 Å². The van der Waals surface area contributed by atoms with E-state index in [2.05, 4.69) is 29.4 Å². The quantitative estimate of drug-likeness (QED) is 0.808. The first-order chi connectivity index (χ1) is 10.0. The summed E-state index contributed by atoms with van der Waals surface area (Å²) in [5.41, 5.74) is 1.85. The number of hydrogen-bond acceptors (Lipinski definition) is 3. The molecule has 8 heteroatoms. The monoisotopic (exact) mass is 333 g/mol. The van der Waals surface area contributed by atoms with Gasteiger partial charge in [0, 0.05) is 37.6 Å². The smallest absolute Gasteiger partial charge is 0.257 e. The van der Waals surface area contributed by atoms with E-state index in [4.69, 9.17) is 0 Å². The van der Waals surface area contributed by atoms with Crippen LogP contribution in [0.5, 0.6) is 0 Å². The number of nitrogens with zero attached hydrogens (tertiary/aromatic N) is 4. The van der Waals surface area contributed by atoms with Gasteiger partial charge in [-0.05, 0) is 12.0 Å². The summed E-state index contributed by atoms with van der Waals surface area (Å²) in [6, 6.07) is 1.75. The fourth-order valence-corrected chi connectivity index (χ4v) is 2.05. The summed E-state index contributed by atoms with van der Waals surface area (Å²) in [7, 11) is 0. The Kier molecular flexibility index (Phi) is 7.47. The molecule has 1 N–H and O–H groups in total. The van der Waals surface area contributed by atoms with Crippen molar-refractivity contribution < 1.29 is 8.78 Å². The van der Waals surface area contributed by atoms with Crippen molar-refractivity contribution in [2.75, 3.05) is 0 Å². The summed E-state index contributed by atoms with van der Waals surface area (Å²) in [6.07, 6.45) is 3.05. The van der Waals surface area contributed by atoms with Crippen molar-refractivity contribution in [3.05, 3.63) is 35.9 Å². The van der Waals surface area contributed by atoms with Crippen LogP contribution in [0.2, 0.25) is 0 Å². The van der Waals surface area contributed by atoms with Gasteiger partial charge in [0.05, 0.1) is 11.9 Å². The third-order valence-electron chi connectivity index (χ3n) is 2.90. The highest BCUT2D eigenvalue weighted by Gasteiger charge is 2.06. The van der Waals surface area contributed by atoms with E-state index in [0.717, 1.165) is 17.8 Å². The van der Waals surface area contributed by atoms with Crippen LogP contribution >= 0.6 is 12.4 Å². The Bertz CT molecular complexity index is 505. The summed E-state index contributed by atoms with van der Waals surface area (Å²) in [4.78, 5) is 0.